The maximum atomic E-state index is 10.7. The zero-order valence-electron chi connectivity index (χ0n) is 8.22. The second-order valence-corrected chi connectivity index (χ2v) is 3.54. The first kappa shape index (κ1) is 10.1. The van der Waals surface area contributed by atoms with Crippen molar-refractivity contribution in [3.8, 4) is 0 Å². The molecule has 1 saturated heterocycles. The fourth-order valence-electron chi connectivity index (χ4n) is 1.62. The molecule has 1 aromatic rings. The van der Waals surface area contributed by atoms with Crippen molar-refractivity contribution in [2.45, 2.75) is 12.6 Å². The second kappa shape index (κ2) is 4.41. The lowest BCUT2D eigenvalue weighted by atomic mass is 10.2. The lowest BCUT2D eigenvalue weighted by Crippen LogP contribution is -2.45. The molecule has 1 aliphatic rings. The highest BCUT2D eigenvalue weighted by molar-refractivity contribution is 5.72. The number of rotatable bonds is 3. The molecule has 2 N–H and O–H groups in total. The summed E-state index contributed by atoms with van der Waals surface area (Å²) in [4.78, 5) is 12.8. The first-order chi connectivity index (χ1) is 7.25. The topological polar surface area (TPSA) is 78.5 Å². The van der Waals surface area contributed by atoms with Gasteiger partial charge in [-0.2, -0.15) is 5.10 Å². The molecule has 0 bridgehead atoms. The number of carbonyl (C=O) groups is 1. The summed E-state index contributed by atoms with van der Waals surface area (Å²) >= 11 is 0. The average Bonchev–Trinajstić information content (AvgIpc) is 2.71. The van der Waals surface area contributed by atoms with Gasteiger partial charge in [-0.05, 0) is 0 Å². The van der Waals surface area contributed by atoms with E-state index in [-0.39, 0.29) is 0 Å². The Kier molecular flexibility index (Phi) is 2.98. The van der Waals surface area contributed by atoms with Gasteiger partial charge in [-0.1, -0.05) is 0 Å². The summed E-state index contributed by atoms with van der Waals surface area (Å²) in [5.74, 6) is -0.896. The summed E-state index contributed by atoms with van der Waals surface area (Å²) in [7, 11) is 0. The summed E-state index contributed by atoms with van der Waals surface area (Å²) in [6.07, 6.45) is 2.85. The molecule has 15 heavy (non-hydrogen) atoms. The minimum atomic E-state index is -0.896. The normalized spacial score (nSPS) is 22.8. The van der Waals surface area contributed by atoms with Crippen molar-refractivity contribution < 1.29 is 14.6 Å². The number of carboxylic acid groups (broad SMARTS) is 1. The Hall–Kier alpha value is -1.40. The molecule has 1 atom stereocenters. The number of morpholine rings is 1. The van der Waals surface area contributed by atoms with Crippen LogP contribution in [0.1, 0.15) is 5.56 Å². The Morgan fingerprint density at radius 1 is 1.80 bits per heavy atom. The number of hydrogen-bond acceptors (Lipinski definition) is 4. The number of aromatic amines is 1. The Bertz CT molecular complexity index is 325. The molecule has 0 spiro atoms. The predicted molar refractivity (Wildman–Crippen MR) is 51.2 cm³/mol. The van der Waals surface area contributed by atoms with Gasteiger partial charge in [0, 0.05) is 31.4 Å². The van der Waals surface area contributed by atoms with Crippen molar-refractivity contribution in [2.24, 2.45) is 0 Å². The lowest BCUT2D eigenvalue weighted by Gasteiger charge is -2.30. The molecule has 82 valence electrons. The van der Waals surface area contributed by atoms with Gasteiger partial charge >= 0.3 is 5.97 Å². The number of nitrogens with zero attached hydrogens (tertiary/aromatic N) is 2. The van der Waals surface area contributed by atoms with Gasteiger partial charge in [0.2, 0.25) is 0 Å². The molecule has 6 heteroatoms. The summed E-state index contributed by atoms with van der Waals surface area (Å²) < 4.78 is 5.12. The van der Waals surface area contributed by atoms with E-state index < -0.39 is 12.1 Å². The Balaban J connectivity index is 1.90. The standard InChI is InChI=1S/C9H13N3O3/c13-9(14)8-6-12(1-2-15-8)5-7-3-10-11-4-7/h3-4,8H,1-2,5-6H2,(H,10,11)(H,13,14). The summed E-state index contributed by atoms with van der Waals surface area (Å²) in [6, 6.07) is 0. The van der Waals surface area contributed by atoms with E-state index in [1.807, 2.05) is 11.1 Å². The smallest absolute Gasteiger partial charge is 0.334 e. The summed E-state index contributed by atoms with van der Waals surface area (Å²) in [5, 5.41) is 15.4. The van der Waals surface area contributed by atoms with Crippen LogP contribution < -0.4 is 0 Å². The van der Waals surface area contributed by atoms with Gasteiger partial charge in [-0.15, -0.1) is 0 Å². The van der Waals surface area contributed by atoms with Gasteiger partial charge in [-0.3, -0.25) is 10.00 Å². The highest BCUT2D eigenvalue weighted by Crippen LogP contribution is 2.09. The molecule has 1 aliphatic heterocycles. The second-order valence-electron chi connectivity index (χ2n) is 3.54. The molecular formula is C9H13N3O3. The monoisotopic (exact) mass is 211 g/mol. The van der Waals surface area contributed by atoms with Crippen LogP contribution in [-0.2, 0) is 16.1 Å². The van der Waals surface area contributed by atoms with Crippen molar-refractivity contribution >= 4 is 5.97 Å². The SMILES string of the molecule is O=C(O)C1CN(Cc2cn[nH]c2)CCO1. The number of aromatic nitrogens is 2. The third-order valence-electron chi connectivity index (χ3n) is 2.39. The first-order valence-electron chi connectivity index (χ1n) is 4.80. The minimum Gasteiger partial charge on any atom is -0.479 e. The largest absolute Gasteiger partial charge is 0.479 e. The van der Waals surface area contributed by atoms with Crippen LogP contribution in [-0.4, -0.2) is 52.0 Å². The van der Waals surface area contributed by atoms with Gasteiger partial charge in [0.15, 0.2) is 6.10 Å². The average molecular weight is 211 g/mol. The van der Waals surface area contributed by atoms with Crippen LogP contribution in [0.3, 0.4) is 0 Å². The van der Waals surface area contributed by atoms with Crippen molar-refractivity contribution in [1.29, 1.82) is 0 Å². The van der Waals surface area contributed by atoms with Crippen molar-refractivity contribution in [2.75, 3.05) is 19.7 Å². The maximum absolute atomic E-state index is 10.7. The third-order valence-corrected chi connectivity index (χ3v) is 2.39. The lowest BCUT2D eigenvalue weighted by molar-refractivity contribution is -0.156. The van der Waals surface area contributed by atoms with E-state index in [1.165, 1.54) is 0 Å². The van der Waals surface area contributed by atoms with Crippen LogP contribution in [0.2, 0.25) is 0 Å². The van der Waals surface area contributed by atoms with Crippen LogP contribution in [0.25, 0.3) is 0 Å². The highest BCUT2D eigenvalue weighted by Gasteiger charge is 2.26. The van der Waals surface area contributed by atoms with Gasteiger partial charge < -0.3 is 9.84 Å². The van der Waals surface area contributed by atoms with Gasteiger partial charge in [0.1, 0.15) is 0 Å². The van der Waals surface area contributed by atoms with Crippen LogP contribution >= 0.6 is 0 Å². The number of ether oxygens (including phenoxy) is 1. The molecule has 0 amide bonds. The molecule has 0 aromatic carbocycles. The molecule has 0 radical (unpaired) electrons. The fraction of sp³-hybridized carbons (Fsp3) is 0.556. The maximum Gasteiger partial charge on any atom is 0.334 e. The molecule has 2 rings (SSSR count). The molecule has 0 aliphatic carbocycles. The number of aliphatic carboxylic acids is 1. The third kappa shape index (κ3) is 2.54. The number of H-pyrrole nitrogens is 1. The van der Waals surface area contributed by atoms with E-state index in [4.69, 9.17) is 9.84 Å². The number of carboxylic acids is 1. The Morgan fingerprint density at radius 3 is 3.33 bits per heavy atom. The van der Waals surface area contributed by atoms with Gasteiger partial charge in [0.25, 0.3) is 0 Å². The van der Waals surface area contributed by atoms with Gasteiger partial charge in [0.05, 0.1) is 12.8 Å². The van der Waals surface area contributed by atoms with E-state index >= 15 is 0 Å². The quantitative estimate of drug-likeness (QED) is 0.717. The van der Waals surface area contributed by atoms with E-state index in [1.54, 1.807) is 6.20 Å². The van der Waals surface area contributed by atoms with Crippen LogP contribution in [0.5, 0.6) is 0 Å². The minimum absolute atomic E-state index is 0.431. The van der Waals surface area contributed by atoms with E-state index in [0.717, 1.165) is 12.1 Å². The molecule has 2 heterocycles. The summed E-state index contributed by atoms with van der Waals surface area (Å²) in [6.45, 7) is 2.37. The predicted octanol–water partition coefficient (Wildman–Crippen LogP) is -0.305. The zero-order valence-corrected chi connectivity index (χ0v) is 8.22. The zero-order chi connectivity index (χ0) is 10.7. The van der Waals surface area contributed by atoms with Gasteiger partial charge in [-0.25, -0.2) is 4.79 Å². The number of hydrogen-bond donors (Lipinski definition) is 2. The van der Waals surface area contributed by atoms with Crippen molar-refractivity contribution in [3.63, 3.8) is 0 Å². The Labute approximate surface area is 86.8 Å². The van der Waals surface area contributed by atoms with E-state index in [0.29, 0.717) is 19.7 Å². The van der Waals surface area contributed by atoms with Crippen molar-refractivity contribution in [1.82, 2.24) is 15.1 Å². The Morgan fingerprint density at radius 2 is 2.67 bits per heavy atom. The van der Waals surface area contributed by atoms with E-state index in [9.17, 15) is 4.79 Å². The molecule has 1 unspecified atom stereocenters. The fourth-order valence-corrected chi connectivity index (χ4v) is 1.62. The molecule has 1 aromatic heterocycles. The van der Waals surface area contributed by atoms with Crippen LogP contribution in [0, 0.1) is 0 Å². The summed E-state index contributed by atoms with van der Waals surface area (Å²) in [5.41, 5.74) is 1.06. The highest BCUT2D eigenvalue weighted by atomic mass is 16.5. The van der Waals surface area contributed by atoms with E-state index in [2.05, 4.69) is 10.2 Å². The molecular weight excluding hydrogens is 198 g/mol. The van der Waals surface area contributed by atoms with Crippen LogP contribution in [0.15, 0.2) is 12.4 Å². The number of nitrogens with one attached hydrogen (secondary N) is 1. The molecule has 1 fully saturated rings. The first-order valence-corrected chi connectivity index (χ1v) is 4.80. The van der Waals surface area contributed by atoms with Crippen molar-refractivity contribution in [3.05, 3.63) is 18.0 Å². The van der Waals surface area contributed by atoms with Crippen LogP contribution in [0.4, 0.5) is 0 Å². The molecule has 6 nitrogen and oxygen atoms in total. The molecule has 0 saturated carbocycles.